The summed E-state index contributed by atoms with van der Waals surface area (Å²) in [4.78, 5) is 11.8. The Labute approximate surface area is 120 Å². The van der Waals surface area contributed by atoms with Gasteiger partial charge in [-0.25, -0.2) is 0 Å². The summed E-state index contributed by atoms with van der Waals surface area (Å²) in [5.74, 6) is 0.732. The van der Waals surface area contributed by atoms with Gasteiger partial charge < -0.3 is 15.4 Å². The predicted molar refractivity (Wildman–Crippen MR) is 80.0 cm³/mol. The summed E-state index contributed by atoms with van der Waals surface area (Å²) in [6.45, 7) is 6.54. The molecule has 0 bridgehead atoms. The maximum Gasteiger partial charge on any atom is 0.258 e. The number of hydrogen-bond acceptors (Lipinski definition) is 3. The lowest BCUT2D eigenvalue weighted by Gasteiger charge is -2.15. The smallest absolute Gasteiger partial charge is 0.258 e. The van der Waals surface area contributed by atoms with E-state index in [0.29, 0.717) is 6.54 Å². The Morgan fingerprint density at radius 1 is 1.35 bits per heavy atom. The van der Waals surface area contributed by atoms with Crippen molar-refractivity contribution in [3.8, 4) is 5.75 Å². The van der Waals surface area contributed by atoms with Crippen LogP contribution in [0.4, 0.5) is 0 Å². The molecule has 1 aliphatic heterocycles. The van der Waals surface area contributed by atoms with Crippen molar-refractivity contribution >= 4 is 5.91 Å². The van der Waals surface area contributed by atoms with Crippen LogP contribution < -0.4 is 15.4 Å². The third kappa shape index (κ3) is 4.10. The van der Waals surface area contributed by atoms with Crippen LogP contribution in [-0.4, -0.2) is 32.1 Å². The summed E-state index contributed by atoms with van der Waals surface area (Å²) >= 11 is 0. The van der Waals surface area contributed by atoms with Gasteiger partial charge in [0.2, 0.25) is 0 Å². The van der Waals surface area contributed by atoms with Crippen LogP contribution in [-0.2, 0) is 4.79 Å². The Hall–Kier alpha value is -1.81. The first-order chi connectivity index (χ1) is 9.66. The topological polar surface area (TPSA) is 50.4 Å². The number of benzene rings is 1. The van der Waals surface area contributed by atoms with E-state index >= 15 is 0 Å². The SMILES string of the molecule is Cc1cccc(C)c1OCC(=O)NCC1=CCNCC1. The molecule has 4 heteroatoms. The highest BCUT2D eigenvalue weighted by Gasteiger charge is 2.08. The van der Waals surface area contributed by atoms with Gasteiger partial charge in [-0.15, -0.1) is 0 Å². The summed E-state index contributed by atoms with van der Waals surface area (Å²) in [5, 5.41) is 6.15. The number of para-hydroxylation sites is 1. The minimum Gasteiger partial charge on any atom is -0.483 e. The molecule has 1 amide bonds. The number of hydrogen-bond donors (Lipinski definition) is 2. The van der Waals surface area contributed by atoms with Crippen molar-refractivity contribution < 1.29 is 9.53 Å². The maximum atomic E-state index is 11.8. The van der Waals surface area contributed by atoms with Crippen LogP contribution in [0.2, 0.25) is 0 Å². The standard InChI is InChI=1S/C16H22N2O2/c1-12-4-3-5-13(2)16(12)20-11-15(19)18-10-14-6-8-17-9-7-14/h3-6,17H,7-11H2,1-2H3,(H,18,19). The lowest BCUT2D eigenvalue weighted by molar-refractivity contribution is -0.122. The minimum absolute atomic E-state index is 0.0667. The maximum absolute atomic E-state index is 11.8. The fourth-order valence-electron chi connectivity index (χ4n) is 2.26. The summed E-state index contributed by atoms with van der Waals surface area (Å²) in [6, 6.07) is 5.96. The predicted octanol–water partition coefficient (Wildman–Crippen LogP) is 1.72. The molecule has 0 radical (unpaired) electrons. The number of carbonyl (C=O) groups excluding carboxylic acids is 1. The molecule has 0 atom stereocenters. The van der Waals surface area contributed by atoms with Gasteiger partial charge in [0.05, 0.1) is 0 Å². The van der Waals surface area contributed by atoms with Crippen molar-refractivity contribution in [1.82, 2.24) is 10.6 Å². The lowest BCUT2D eigenvalue weighted by atomic mass is 10.1. The first-order valence-corrected chi connectivity index (χ1v) is 7.01. The summed E-state index contributed by atoms with van der Waals surface area (Å²) in [5.41, 5.74) is 3.39. The number of rotatable bonds is 5. The Morgan fingerprint density at radius 2 is 2.10 bits per heavy atom. The molecule has 0 saturated carbocycles. The van der Waals surface area contributed by atoms with Crippen molar-refractivity contribution in [2.24, 2.45) is 0 Å². The number of amides is 1. The van der Waals surface area contributed by atoms with Crippen LogP contribution in [0.25, 0.3) is 0 Å². The largest absolute Gasteiger partial charge is 0.483 e. The average Bonchev–Trinajstić information content (AvgIpc) is 2.46. The van der Waals surface area contributed by atoms with Crippen molar-refractivity contribution in [3.63, 3.8) is 0 Å². The molecule has 0 fully saturated rings. The molecule has 108 valence electrons. The monoisotopic (exact) mass is 274 g/mol. The van der Waals surface area contributed by atoms with Crippen LogP contribution >= 0.6 is 0 Å². The second-order valence-electron chi connectivity index (χ2n) is 5.10. The number of aryl methyl sites for hydroxylation is 2. The molecule has 20 heavy (non-hydrogen) atoms. The first-order valence-electron chi connectivity index (χ1n) is 7.01. The molecule has 2 rings (SSSR count). The van der Waals surface area contributed by atoms with E-state index in [2.05, 4.69) is 16.7 Å². The van der Waals surface area contributed by atoms with Gasteiger partial charge in [-0.1, -0.05) is 29.8 Å². The van der Waals surface area contributed by atoms with E-state index < -0.39 is 0 Å². The second-order valence-corrected chi connectivity index (χ2v) is 5.10. The third-order valence-corrected chi connectivity index (χ3v) is 3.43. The van der Waals surface area contributed by atoms with Crippen molar-refractivity contribution in [1.29, 1.82) is 0 Å². The average molecular weight is 274 g/mol. The first kappa shape index (κ1) is 14.6. The minimum atomic E-state index is -0.0768. The quantitative estimate of drug-likeness (QED) is 0.804. The fourth-order valence-corrected chi connectivity index (χ4v) is 2.26. The van der Waals surface area contributed by atoms with E-state index in [1.165, 1.54) is 5.57 Å². The molecule has 1 aliphatic rings. The van der Waals surface area contributed by atoms with Gasteiger partial charge in [0, 0.05) is 13.1 Å². The molecule has 1 aromatic carbocycles. The second kappa shape index (κ2) is 7.10. The van der Waals surface area contributed by atoms with Crippen molar-refractivity contribution in [2.45, 2.75) is 20.3 Å². The van der Waals surface area contributed by atoms with E-state index in [1.54, 1.807) is 0 Å². The molecule has 0 unspecified atom stereocenters. The summed E-state index contributed by atoms with van der Waals surface area (Å²) in [7, 11) is 0. The fraction of sp³-hybridized carbons (Fsp3) is 0.438. The number of ether oxygens (including phenoxy) is 1. The molecule has 1 heterocycles. The van der Waals surface area contributed by atoms with Gasteiger partial charge in [0.25, 0.3) is 5.91 Å². The molecule has 1 aromatic rings. The highest BCUT2D eigenvalue weighted by molar-refractivity contribution is 5.77. The van der Waals surface area contributed by atoms with Gasteiger partial charge in [-0.2, -0.15) is 0 Å². The lowest BCUT2D eigenvalue weighted by Crippen LogP contribution is -2.32. The molecular weight excluding hydrogens is 252 g/mol. The highest BCUT2D eigenvalue weighted by atomic mass is 16.5. The Kier molecular flexibility index (Phi) is 5.18. The molecule has 0 spiro atoms. The molecule has 0 saturated heterocycles. The van der Waals surface area contributed by atoms with Crippen molar-refractivity contribution in [2.75, 3.05) is 26.2 Å². The molecular formula is C16H22N2O2. The van der Waals surface area contributed by atoms with Gasteiger partial charge in [0.1, 0.15) is 5.75 Å². The van der Waals surface area contributed by atoms with Gasteiger partial charge in [-0.3, -0.25) is 4.79 Å². The molecule has 4 nitrogen and oxygen atoms in total. The zero-order valence-corrected chi connectivity index (χ0v) is 12.2. The summed E-state index contributed by atoms with van der Waals surface area (Å²) < 4.78 is 5.63. The van der Waals surface area contributed by atoms with Crippen molar-refractivity contribution in [3.05, 3.63) is 41.0 Å². The molecule has 0 aromatic heterocycles. The Bertz CT molecular complexity index is 489. The van der Waals surface area contributed by atoms with Gasteiger partial charge >= 0.3 is 0 Å². The van der Waals surface area contributed by atoms with E-state index in [1.807, 2.05) is 32.0 Å². The highest BCUT2D eigenvalue weighted by Crippen LogP contribution is 2.21. The van der Waals surface area contributed by atoms with Crippen LogP contribution in [0.3, 0.4) is 0 Å². The van der Waals surface area contributed by atoms with Crippen LogP contribution in [0.1, 0.15) is 17.5 Å². The normalized spacial score (nSPS) is 14.6. The van der Waals surface area contributed by atoms with Gasteiger partial charge in [0.15, 0.2) is 6.61 Å². The molecule has 0 aliphatic carbocycles. The Balaban J connectivity index is 1.79. The van der Waals surface area contributed by atoms with E-state index in [0.717, 1.165) is 36.4 Å². The van der Waals surface area contributed by atoms with Crippen LogP contribution in [0.15, 0.2) is 29.8 Å². The van der Waals surface area contributed by atoms with Crippen LogP contribution in [0.5, 0.6) is 5.75 Å². The number of nitrogens with one attached hydrogen (secondary N) is 2. The van der Waals surface area contributed by atoms with Crippen LogP contribution in [0, 0.1) is 13.8 Å². The third-order valence-electron chi connectivity index (χ3n) is 3.43. The summed E-state index contributed by atoms with van der Waals surface area (Å²) in [6.07, 6.45) is 3.13. The van der Waals surface area contributed by atoms with E-state index in [-0.39, 0.29) is 12.5 Å². The van der Waals surface area contributed by atoms with Gasteiger partial charge in [-0.05, 0) is 37.9 Å². The zero-order chi connectivity index (χ0) is 14.4. The van der Waals surface area contributed by atoms with E-state index in [4.69, 9.17) is 4.74 Å². The Morgan fingerprint density at radius 3 is 2.75 bits per heavy atom. The molecule has 2 N–H and O–H groups in total. The zero-order valence-electron chi connectivity index (χ0n) is 12.2. The van der Waals surface area contributed by atoms with E-state index in [9.17, 15) is 4.79 Å². The number of carbonyl (C=O) groups is 1.